The van der Waals surface area contributed by atoms with Crippen molar-refractivity contribution in [2.75, 3.05) is 13.2 Å². The van der Waals surface area contributed by atoms with Gasteiger partial charge < -0.3 is 9.84 Å². The molecule has 0 bridgehead atoms. The smallest absolute Gasteiger partial charge is 0.416 e. The highest BCUT2D eigenvalue weighted by Crippen LogP contribution is 2.22. The summed E-state index contributed by atoms with van der Waals surface area (Å²) in [5, 5.41) is 9.39. The lowest BCUT2D eigenvalue weighted by molar-refractivity contribution is -0.136. The molecule has 21 heavy (non-hydrogen) atoms. The van der Waals surface area contributed by atoms with Gasteiger partial charge in [0.1, 0.15) is 6.61 Å². The number of aliphatic hydroxyl groups is 1. The van der Waals surface area contributed by atoms with E-state index < -0.39 is 12.0 Å². The fourth-order valence-corrected chi connectivity index (χ4v) is 2.52. The van der Waals surface area contributed by atoms with Crippen LogP contribution in [0.15, 0.2) is 30.3 Å². The third-order valence-electron chi connectivity index (χ3n) is 3.83. The Kier molecular flexibility index (Phi) is 4.96. The van der Waals surface area contributed by atoms with Crippen molar-refractivity contribution in [3.63, 3.8) is 0 Å². The van der Waals surface area contributed by atoms with E-state index in [0.29, 0.717) is 6.42 Å². The molecule has 2 rings (SSSR count). The fraction of sp³-hybridized carbons (Fsp3) is 0.500. The molecular formula is C16H21NO4. The van der Waals surface area contributed by atoms with Gasteiger partial charge in [-0.15, -0.1) is 0 Å². The third-order valence-corrected chi connectivity index (χ3v) is 3.83. The van der Waals surface area contributed by atoms with Crippen LogP contribution in [0.3, 0.4) is 0 Å². The number of cyclic esters (lactones) is 1. The molecule has 1 fully saturated rings. The van der Waals surface area contributed by atoms with Crippen LogP contribution in [0.2, 0.25) is 0 Å². The van der Waals surface area contributed by atoms with Gasteiger partial charge in [-0.25, -0.2) is 9.69 Å². The van der Waals surface area contributed by atoms with Crippen molar-refractivity contribution in [2.24, 2.45) is 11.8 Å². The largest absolute Gasteiger partial charge is 0.447 e. The van der Waals surface area contributed by atoms with E-state index in [9.17, 15) is 14.7 Å². The summed E-state index contributed by atoms with van der Waals surface area (Å²) in [7, 11) is 0. The van der Waals surface area contributed by atoms with Gasteiger partial charge in [0.2, 0.25) is 5.91 Å². The van der Waals surface area contributed by atoms with Gasteiger partial charge in [-0.1, -0.05) is 44.2 Å². The van der Waals surface area contributed by atoms with Crippen molar-refractivity contribution in [1.82, 2.24) is 4.90 Å². The predicted octanol–water partition coefficient (Wildman–Crippen LogP) is 1.84. The number of aliphatic hydroxyl groups excluding tert-OH is 1. The average Bonchev–Trinajstić information content (AvgIpc) is 2.81. The molecule has 1 aliphatic heterocycles. The molecular weight excluding hydrogens is 270 g/mol. The van der Waals surface area contributed by atoms with Gasteiger partial charge in [0, 0.05) is 0 Å². The van der Waals surface area contributed by atoms with Gasteiger partial charge >= 0.3 is 6.09 Å². The van der Waals surface area contributed by atoms with Gasteiger partial charge in [-0.05, 0) is 17.9 Å². The van der Waals surface area contributed by atoms with Crippen molar-refractivity contribution >= 4 is 12.0 Å². The van der Waals surface area contributed by atoms with Crippen LogP contribution in [0, 0.1) is 11.8 Å². The Morgan fingerprint density at radius 3 is 2.62 bits per heavy atom. The Hall–Kier alpha value is -1.88. The number of amides is 2. The van der Waals surface area contributed by atoms with Crippen LogP contribution in [-0.2, 0) is 16.0 Å². The first kappa shape index (κ1) is 15.5. The van der Waals surface area contributed by atoms with E-state index in [1.165, 1.54) is 4.90 Å². The molecule has 0 saturated carbocycles. The number of imide groups is 1. The maximum atomic E-state index is 12.5. The molecule has 0 spiro atoms. The first-order valence-corrected chi connectivity index (χ1v) is 7.19. The Balaban J connectivity index is 2.15. The molecule has 2 atom stereocenters. The summed E-state index contributed by atoms with van der Waals surface area (Å²) in [5.74, 6) is -0.960. The van der Waals surface area contributed by atoms with E-state index in [2.05, 4.69) is 0 Å². The minimum Gasteiger partial charge on any atom is -0.447 e. The first-order valence-electron chi connectivity index (χ1n) is 7.19. The minimum atomic E-state index is -0.611. The molecule has 114 valence electrons. The normalized spacial score (nSPS) is 19.7. The number of hydrogen-bond acceptors (Lipinski definition) is 4. The molecule has 0 unspecified atom stereocenters. The number of benzene rings is 1. The van der Waals surface area contributed by atoms with Crippen LogP contribution in [0.25, 0.3) is 0 Å². The standard InChI is InChI=1S/C16H21NO4/c1-11(2)14(9-18)15(19)17-13(10-21-16(17)20)8-12-6-4-3-5-7-12/h3-7,11,13-14,18H,8-10H2,1-2H3/t13-,14-/m1/s1. The number of nitrogens with zero attached hydrogens (tertiary/aromatic N) is 1. The quantitative estimate of drug-likeness (QED) is 0.899. The predicted molar refractivity (Wildman–Crippen MR) is 77.5 cm³/mol. The second kappa shape index (κ2) is 6.72. The summed E-state index contributed by atoms with van der Waals surface area (Å²) in [5.41, 5.74) is 1.05. The van der Waals surface area contributed by atoms with Gasteiger partial charge in [0.25, 0.3) is 0 Å². The SMILES string of the molecule is CC(C)[C@@H](CO)C(=O)N1C(=O)OC[C@H]1Cc1ccccc1. The number of ether oxygens (including phenoxy) is 1. The molecule has 1 aromatic carbocycles. The maximum absolute atomic E-state index is 12.5. The molecule has 0 aromatic heterocycles. The van der Waals surface area contributed by atoms with Crippen LogP contribution >= 0.6 is 0 Å². The first-order chi connectivity index (χ1) is 10.0. The van der Waals surface area contributed by atoms with Crippen molar-refractivity contribution in [2.45, 2.75) is 26.3 Å². The summed E-state index contributed by atoms with van der Waals surface area (Å²) in [4.78, 5) is 25.5. The molecule has 5 nitrogen and oxygen atoms in total. The summed E-state index contributed by atoms with van der Waals surface area (Å²) in [6.07, 6.45) is -0.0470. The van der Waals surface area contributed by atoms with Crippen LogP contribution in [0.1, 0.15) is 19.4 Å². The molecule has 1 saturated heterocycles. The van der Waals surface area contributed by atoms with Gasteiger partial charge in [-0.2, -0.15) is 0 Å². The Labute approximate surface area is 124 Å². The van der Waals surface area contributed by atoms with Gasteiger partial charge in [-0.3, -0.25) is 4.79 Å². The molecule has 5 heteroatoms. The highest BCUT2D eigenvalue weighted by molar-refractivity contribution is 5.95. The summed E-state index contributed by atoms with van der Waals surface area (Å²) >= 11 is 0. The highest BCUT2D eigenvalue weighted by atomic mass is 16.6. The van der Waals surface area contributed by atoms with Crippen molar-refractivity contribution in [3.8, 4) is 0 Å². The van der Waals surface area contributed by atoms with E-state index >= 15 is 0 Å². The molecule has 1 heterocycles. The zero-order valence-electron chi connectivity index (χ0n) is 12.4. The maximum Gasteiger partial charge on any atom is 0.416 e. The topological polar surface area (TPSA) is 66.8 Å². The van der Waals surface area contributed by atoms with Crippen LogP contribution < -0.4 is 0 Å². The lowest BCUT2D eigenvalue weighted by Gasteiger charge is -2.25. The molecule has 1 aromatic rings. The fourth-order valence-electron chi connectivity index (χ4n) is 2.52. The summed E-state index contributed by atoms with van der Waals surface area (Å²) in [6, 6.07) is 9.37. The van der Waals surface area contributed by atoms with E-state index in [0.717, 1.165) is 5.56 Å². The molecule has 0 radical (unpaired) electrons. The second-order valence-electron chi connectivity index (χ2n) is 5.66. The molecule has 1 aliphatic rings. The average molecular weight is 291 g/mol. The summed E-state index contributed by atoms with van der Waals surface area (Å²) in [6.45, 7) is 3.65. The van der Waals surface area contributed by atoms with Crippen LogP contribution in [0.5, 0.6) is 0 Å². The third kappa shape index (κ3) is 3.42. The zero-order chi connectivity index (χ0) is 15.4. The number of carbonyl (C=O) groups is 2. The molecule has 2 amide bonds. The van der Waals surface area contributed by atoms with Gasteiger partial charge in [0.05, 0.1) is 18.6 Å². The number of carbonyl (C=O) groups excluding carboxylic acids is 2. The van der Waals surface area contributed by atoms with E-state index in [4.69, 9.17) is 4.74 Å². The van der Waals surface area contributed by atoms with Crippen LogP contribution in [-0.4, -0.2) is 41.3 Å². The Bertz CT molecular complexity index is 500. The Morgan fingerprint density at radius 2 is 2.05 bits per heavy atom. The van der Waals surface area contributed by atoms with Gasteiger partial charge in [0.15, 0.2) is 0 Å². The molecule has 0 aliphatic carbocycles. The van der Waals surface area contributed by atoms with Crippen LogP contribution in [0.4, 0.5) is 4.79 Å². The lowest BCUT2D eigenvalue weighted by Crippen LogP contribution is -2.45. The zero-order valence-corrected chi connectivity index (χ0v) is 12.4. The highest BCUT2D eigenvalue weighted by Gasteiger charge is 2.41. The lowest BCUT2D eigenvalue weighted by atomic mass is 9.94. The van der Waals surface area contributed by atoms with Crippen molar-refractivity contribution < 1.29 is 19.4 Å². The van der Waals surface area contributed by atoms with E-state index in [-0.39, 0.29) is 31.1 Å². The minimum absolute atomic E-state index is 0.0340. The monoisotopic (exact) mass is 291 g/mol. The van der Waals surface area contributed by atoms with Crippen molar-refractivity contribution in [3.05, 3.63) is 35.9 Å². The number of rotatable bonds is 5. The summed E-state index contributed by atoms with van der Waals surface area (Å²) < 4.78 is 5.03. The van der Waals surface area contributed by atoms with Crippen molar-refractivity contribution in [1.29, 1.82) is 0 Å². The molecule has 1 N–H and O–H groups in total. The number of hydrogen-bond donors (Lipinski definition) is 1. The Morgan fingerprint density at radius 1 is 1.38 bits per heavy atom. The second-order valence-corrected chi connectivity index (χ2v) is 5.66. The van der Waals surface area contributed by atoms with E-state index in [1.807, 2.05) is 44.2 Å². The van der Waals surface area contributed by atoms with E-state index in [1.54, 1.807) is 0 Å².